The second kappa shape index (κ2) is 9.18. The highest BCUT2D eigenvalue weighted by Gasteiger charge is 2.15. The number of para-hydroxylation sites is 1. The molecule has 2 amide bonds. The van der Waals surface area contributed by atoms with Crippen molar-refractivity contribution in [2.24, 2.45) is 0 Å². The van der Waals surface area contributed by atoms with Crippen molar-refractivity contribution in [2.45, 2.75) is 17.2 Å². The van der Waals surface area contributed by atoms with Crippen LogP contribution in [-0.4, -0.2) is 17.6 Å². The van der Waals surface area contributed by atoms with E-state index in [1.54, 1.807) is 36.4 Å². The largest absolute Gasteiger partial charge is 0.467 e. The number of hydrogen-bond acceptors (Lipinski definition) is 4. The van der Waals surface area contributed by atoms with E-state index in [1.165, 1.54) is 30.5 Å². The molecule has 0 radical (unpaired) electrons. The van der Waals surface area contributed by atoms with Crippen molar-refractivity contribution in [3.05, 3.63) is 83.8 Å². The van der Waals surface area contributed by atoms with E-state index in [2.05, 4.69) is 10.6 Å². The quantitative estimate of drug-likeness (QED) is 0.558. The summed E-state index contributed by atoms with van der Waals surface area (Å²) in [4.78, 5) is 25.3. The van der Waals surface area contributed by atoms with Crippen LogP contribution in [0.5, 0.6) is 0 Å². The summed E-state index contributed by atoms with van der Waals surface area (Å²) in [7, 11) is 0. The first-order valence-electron chi connectivity index (χ1n) is 8.29. The lowest BCUT2D eigenvalue weighted by Gasteiger charge is -2.11. The third kappa shape index (κ3) is 5.20. The van der Waals surface area contributed by atoms with Gasteiger partial charge < -0.3 is 15.1 Å². The molecule has 0 aliphatic heterocycles. The first-order chi connectivity index (χ1) is 13.5. The highest BCUT2D eigenvalue weighted by Crippen LogP contribution is 2.25. The minimum absolute atomic E-state index is 0.220. The number of amides is 2. The minimum atomic E-state index is -2.52. The lowest BCUT2D eigenvalue weighted by Crippen LogP contribution is -2.24. The minimum Gasteiger partial charge on any atom is -0.467 e. The molecule has 0 saturated heterocycles. The van der Waals surface area contributed by atoms with E-state index in [0.29, 0.717) is 39.2 Å². The number of furan rings is 1. The van der Waals surface area contributed by atoms with E-state index in [1.807, 2.05) is 0 Å². The molecule has 0 unspecified atom stereocenters. The predicted octanol–water partition coefficient (Wildman–Crippen LogP) is 4.78. The third-order valence-electron chi connectivity index (χ3n) is 3.76. The molecular weight excluding hydrogens is 386 g/mol. The van der Waals surface area contributed by atoms with Crippen LogP contribution in [-0.2, 0) is 6.54 Å². The molecule has 0 saturated carbocycles. The number of thioether (sulfide) groups is 1. The van der Waals surface area contributed by atoms with Gasteiger partial charge in [0.25, 0.3) is 17.6 Å². The second-order valence-corrected chi connectivity index (χ2v) is 6.73. The molecule has 0 bridgehead atoms. The fourth-order valence-electron chi connectivity index (χ4n) is 2.45. The number of alkyl halides is 2. The Bertz CT molecular complexity index is 944. The number of carbonyl (C=O) groups is 2. The zero-order valence-electron chi connectivity index (χ0n) is 14.5. The zero-order valence-corrected chi connectivity index (χ0v) is 15.3. The molecule has 28 heavy (non-hydrogen) atoms. The van der Waals surface area contributed by atoms with Crippen LogP contribution in [0, 0.1) is 0 Å². The molecule has 0 atom stereocenters. The zero-order chi connectivity index (χ0) is 19.9. The molecule has 2 N–H and O–H groups in total. The summed E-state index contributed by atoms with van der Waals surface area (Å²) in [6.07, 6.45) is 1.51. The van der Waals surface area contributed by atoms with Gasteiger partial charge in [0, 0.05) is 10.5 Å². The Hall–Kier alpha value is -3.13. The molecular formula is C20H16F2N2O3S. The number of nitrogens with one attached hydrogen (secondary N) is 2. The second-order valence-electron chi connectivity index (χ2n) is 5.66. The molecule has 5 nitrogen and oxygen atoms in total. The van der Waals surface area contributed by atoms with Gasteiger partial charge in [0.15, 0.2) is 0 Å². The van der Waals surface area contributed by atoms with Gasteiger partial charge in [-0.25, -0.2) is 0 Å². The van der Waals surface area contributed by atoms with Crippen LogP contribution in [0.4, 0.5) is 14.5 Å². The van der Waals surface area contributed by atoms with Crippen LogP contribution in [0.3, 0.4) is 0 Å². The Labute approximate surface area is 164 Å². The lowest BCUT2D eigenvalue weighted by atomic mass is 10.1. The van der Waals surface area contributed by atoms with Crippen LogP contribution in [0.2, 0.25) is 0 Å². The van der Waals surface area contributed by atoms with Crippen molar-refractivity contribution in [2.75, 3.05) is 5.32 Å². The molecule has 1 aromatic heterocycles. The Balaban J connectivity index is 1.68. The number of anilines is 1. The van der Waals surface area contributed by atoms with Crippen LogP contribution < -0.4 is 10.6 Å². The fourth-order valence-corrected chi connectivity index (χ4v) is 2.95. The monoisotopic (exact) mass is 402 g/mol. The average molecular weight is 402 g/mol. The maximum absolute atomic E-state index is 12.5. The molecule has 1 heterocycles. The van der Waals surface area contributed by atoms with Crippen LogP contribution in [0.15, 0.2) is 76.2 Å². The summed E-state index contributed by atoms with van der Waals surface area (Å²) in [5.41, 5.74) is 0.937. The Morgan fingerprint density at radius 2 is 1.71 bits per heavy atom. The summed E-state index contributed by atoms with van der Waals surface area (Å²) in [6.45, 7) is 0.220. The van der Waals surface area contributed by atoms with Crippen molar-refractivity contribution in [3.8, 4) is 0 Å². The van der Waals surface area contributed by atoms with Gasteiger partial charge >= 0.3 is 0 Å². The van der Waals surface area contributed by atoms with Crippen LogP contribution in [0.25, 0.3) is 0 Å². The Kier molecular flexibility index (Phi) is 6.44. The van der Waals surface area contributed by atoms with Gasteiger partial charge in [-0.05, 0) is 48.5 Å². The summed E-state index contributed by atoms with van der Waals surface area (Å²) in [6, 6.07) is 15.9. The van der Waals surface area contributed by atoms with E-state index < -0.39 is 11.7 Å². The van der Waals surface area contributed by atoms with Gasteiger partial charge in [0.1, 0.15) is 5.76 Å². The summed E-state index contributed by atoms with van der Waals surface area (Å²) in [5.74, 6) is -2.72. The highest BCUT2D eigenvalue weighted by atomic mass is 32.2. The first-order valence-corrected chi connectivity index (χ1v) is 9.17. The molecule has 3 aromatic rings. The maximum atomic E-state index is 12.5. The fraction of sp³-hybridized carbons (Fsp3) is 0.100. The number of carbonyl (C=O) groups excluding carboxylic acids is 2. The van der Waals surface area contributed by atoms with Crippen molar-refractivity contribution in [3.63, 3.8) is 0 Å². The topological polar surface area (TPSA) is 71.3 Å². The molecule has 144 valence electrons. The highest BCUT2D eigenvalue weighted by molar-refractivity contribution is 7.99. The normalized spacial score (nSPS) is 10.7. The van der Waals surface area contributed by atoms with Crippen molar-refractivity contribution in [1.82, 2.24) is 5.32 Å². The SMILES string of the molecule is O=C(Nc1ccccc1C(=O)NCc1ccco1)c1ccc(SC(F)F)cc1. The van der Waals surface area contributed by atoms with Gasteiger partial charge in [0.05, 0.1) is 24.1 Å². The van der Waals surface area contributed by atoms with E-state index in [4.69, 9.17) is 4.42 Å². The van der Waals surface area contributed by atoms with E-state index in [0.717, 1.165) is 0 Å². The lowest BCUT2D eigenvalue weighted by molar-refractivity contribution is 0.0949. The van der Waals surface area contributed by atoms with Gasteiger partial charge in [-0.2, -0.15) is 8.78 Å². The molecule has 3 rings (SSSR count). The summed E-state index contributed by atoms with van der Waals surface area (Å²) in [5, 5.41) is 5.41. The van der Waals surface area contributed by atoms with Crippen molar-refractivity contribution < 1.29 is 22.8 Å². The number of benzene rings is 2. The summed E-state index contributed by atoms with van der Waals surface area (Å²) < 4.78 is 29.9. The van der Waals surface area contributed by atoms with Crippen molar-refractivity contribution >= 4 is 29.3 Å². The van der Waals surface area contributed by atoms with E-state index >= 15 is 0 Å². The number of hydrogen-bond donors (Lipinski definition) is 2. The van der Waals surface area contributed by atoms with Crippen LogP contribution in [0.1, 0.15) is 26.5 Å². The molecule has 8 heteroatoms. The van der Waals surface area contributed by atoms with Crippen molar-refractivity contribution in [1.29, 1.82) is 0 Å². The van der Waals surface area contributed by atoms with E-state index in [-0.39, 0.29) is 12.5 Å². The maximum Gasteiger partial charge on any atom is 0.288 e. The third-order valence-corrected chi connectivity index (χ3v) is 4.49. The summed E-state index contributed by atoms with van der Waals surface area (Å²) >= 11 is 0.408. The smallest absolute Gasteiger partial charge is 0.288 e. The number of halogens is 2. The van der Waals surface area contributed by atoms with Gasteiger partial charge in [0.2, 0.25) is 0 Å². The standard InChI is InChI=1S/C20H16F2N2O3S/c21-20(22)28-15-9-7-13(8-10-15)18(25)24-17-6-2-1-5-16(17)19(26)23-12-14-4-3-11-27-14/h1-11,20H,12H2,(H,23,26)(H,24,25). The predicted molar refractivity (Wildman–Crippen MR) is 103 cm³/mol. The number of rotatable bonds is 7. The van der Waals surface area contributed by atoms with Gasteiger partial charge in [-0.3, -0.25) is 9.59 Å². The average Bonchev–Trinajstić information content (AvgIpc) is 3.20. The Morgan fingerprint density at radius 1 is 0.964 bits per heavy atom. The molecule has 0 aliphatic carbocycles. The van der Waals surface area contributed by atoms with Crippen LogP contribution >= 0.6 is 11.8 Å². The first kappa shape index (κ1) is 19.6. The van der Waals surface area contributed by atoms with Gasteiger partial charge in [-0.1, -0.05) is 23.9 Å². The molecule has 0 aliphatic rings. The Morgan fingerprint density at radius 3 is 2.39 bits per heavy atom. The molecule has 2 aromatic carbocycles. The van der Waals surface area contributed by atoms with E-state index in [9.17, 15) is 18.4 Å². The molecule has 0 fully saturated rings. The molecule has 0 spiro atoms. The van der Waals surface area contributed by atoms with Gasteiger partial charge in [-0.15, -0.1) is 0 Å².